The van der Waals surface area contributed by atoms with Crippen molar-refractivity contribution in [1.29, 1.82) is 0 Å². The summed E-state index contributed by atoms with van der Waals surface area (Å²) in [5, 5.41) is 0. The number of allylic oxidation sites excluding steroid dienone is 2. The van der Waals surface area contributed by atoms with Crippen molar-refractivity contribution in [3.63, 3.8) is 0 Å². The topological polar surface area (TPSA) is 94.1 Å². The Morgan fingerprint density at radius 1 is 0.612 bits per heavy atom. The molecule has 0 radical (unpaired) electrons. The van der Waals surface area contributed by atoms with Crippen LogP contribution in [0.5, 0.6) is 0 Å². The third-order valence-corrected chi connectivity index (χ3v) is 9.78. The van der Waals surface area contributed by atoms with E-state index in [4.69, 9.17) is 18.5 Å². The van der Waals surface area contributed by atoms with Gasteiger partial charge in [-0.15, -0.1) is 0 Å². The number of carbonyl (C=O) groups is 1. The lowest BCUT2D eigenvalue weighted by Gasteiger charge is -2.28. The number of ether oxygens (including phenoxy) is 2. The molecule has 2 atom stereocenters. The van der Waals surface area contributed by atoms with E-state index in [1.54, 1.807) is 0 Å². The molecular formula is C40H80NO7P. The Kier molecular flexibility index (Phi) is 33.8. The molecule has 0 aromatic heterocycles. The van der Waals surface area contributed by atoms with Crippen molar-refractivity contribution in [2.75, 3.05) is 54.1 Å². The first-order chi connectivity index (χ1) is 23.6. The van der Waals surface area contributed by atoms with Crippen molar-refractivity contribution in [3.8, 4) is 0 Å². The van der Waals surface area contributed by atoms with E-state index in [0.29, 0.717) is 24.1 Å². The van der Waals surface area contributed by atoms with Gasteiger partial charge >= 0.3 is 5.97 Å². The Morgan fingerprint density at radius 3 is 1.59 bits per heavy atom. The molecule has 0 fully saturated rings. The molecule has 0 aliphatic rings. The predicted octanol–water partition coefficient (Wildman–Crippen LogP) is 10.9. The van der Waals surface area contributed by atoms with Crippen LogP contribution in [0, 0.1) is 0 Å². The molecule has 0 saturated carbocycles. The molecule has 0 bridgehead atoms. The average Bonchev–Trinajstić information content (AvgIpc) is 3.04. The molecule has 0 aliphatic heterocycles. The zero-order valence-corrected chi connectivity index (χ0v) is 33.8. The number of carbonyl (C=O) groups excluding carboxylic acids is 1. The molecule has 0 aliphatic carbocycles. The van der Waals surface area contributed by atoms with Crippen LogP contribution in [-0.2, 0) is 27.9 Å². The second-order valence-corrected chi connectivity index (χ2v) is 16.4. The maximum Gasteiger partial charge on any atom is 0.306 e. The molecule has 0 N–H and O–H groups in total. The Bertz CT molecular complexity index is 802. The third kappa shape index (κ3) is 38.3. The number of hydrogen-bond donors (Lipinski definition) is 0. The molecule has 0 saturated heterocycles. The van der Waals surface area contributed by atoms with E-state index in [1.165, 1.54) is 116 Å². The van der Waals surface area contributed by atoms with Crippen molar-refractivity contribution < 1.29 is 37.3 Å². The minimum Gasteiger partial charge on any atom is -0.756 e. The van der Waals surface area contributed by atoms with Crippen LogP contribution in [0.3, 0.4) is 0 Å². The first-order valence-corrected chi connectivity index (χ1v) is 21.9. The van der Waals surface area contributed by atoms with Gasteiger partial charge in [0.1, 0.15) is 19.3 Å². The summed E-state index contributed by atoms with van der Waals surface area (Å²) in [5.74, 6) is -0.342. The van der Waals surface area contributed by atoms with Gasteiger partial charge in [0, 0.05) is 13.0 Å². The molecule has 8 nitrogen and oxygen atoms in total. The molecule has 49 heavy (non-hydrogen) atoms. The summed E-state index contributed by atoms with van der Waals surface area (Å²) in [5.41, 5.74) is 0. The van der Waals surface area contributed by atoms with Gasteiger partial charge in [0.2, 0.25) is 0 Å². The van der Waals surface area contributed by atoms with Crippen molar-refractivity contribution >= 4 is 13.8 Å². The molecule has 9 heteroatoms. The maximum atomic E-state index is 12.6. The lowest BCUT2D eigenvalue weighted by Crippen LogP contribution is -2.37. The fourth-order valence-electron chi connectivity index (χ4n) is 5.60. The van der Waals surface area contributed by atoms with Crippen LogP contribution in [-0.4, -0.2) is 70.7 Å². The zero-order valence-electron chi connectivity index (χ0n) is 32.9. The summed E-state index contributed by atoms with van der Waals surface area (Å²) >= 11 is 0. The minimum atomic E-state index is -4.51. The summed E-state index contributed by atoms with van der Waals surface area (Å²) in [4.78, 5) is 24.9. The largest absolute Gasteiger partial charge is 0.756 e. The van der Waals surface area contributed by atoms with Gasteiger partial charge in [0.05, 0.1) is 34.4 Å². The fraction of sp³-hybridized carbons (Fsp3) is 0.925. The van der Waals surface area contributed by atoms with E-state index in [2.05, 4.69) is 26.0 Å². The number of likely N-dealkylation sites (N-methyl/N-ethyl adjacent to an activating group) is 1. The number of esters is 1. The molecule has 0 spiro atoms. The zero-order chi connectivity index (χ0) is 36.3. The highest BCUT2D eigenvalue weighted by Crippen LogP contribution is 2.38. The number of phosphoric ester groups is 1. The average molecular weight is 718 g/mol. The number of hydrogen-bond acceptors (Lipinski definition) is 7. The van der Waals surface area contributed by atoms with Crippen molar-refractivity contribution in [1.82, 2.24) is 0 Å². The highest BCUT2D eigenvalue weighted by Gasteiger charge is 2.20. The Balaban J connectivity index is 4.25. The smallest absolute Gasteiger partial charge is 0.306 e. The van der Waals surface area contributed by atoms with Gasteiger partial charge in [-0.25, -0.2) is 0 Å². The predicted molar refractivity (Wildman–Crippen MR) is 204 cm³/mol. The number of nitrogens with zero attached hydrogens (tertiary/aromatic N) is 1. The molecule has 0 rings (SSSR count). The third-order valence-electron chi connectivity index (χ3n) is 8.82. The summed E-state index contributed by atoms with van der Waals surface area (Å²) in [6.45, 7) is 5.40. The highest BCUT2D eigenvalue weighted by atomic mass is 31.2. The Labute approximate surface area is 303 Å². The van der Waals surface area contributed by atoms with Gasteiger partial charge in [0.15, 0.2) is 0 Å². The van der Waals surface area contributed by atoms with Gasteiger partial charge in [-0.05, 0) is 38.5 Å². The molecule has 0 aromatic carbocycles. The Hall–Kier alpha value is -0.760. The van der Waals surface area contributed by atoms with E-state index in [0.717, 1.165) is 44.9 Å². The van der Waals surface area contributed by atoms with Crippen LogP contribution in [0.25, 0.3) is 0 Å². The van der Waals surface area contributed by atoms with Crippen LogP contribution < -0.4 is 4.89 Å². The summed E-state index contributed by atoms with van der Waals surface area (Å²) in [7, 11) is 1.36. The van der Waals surface area contributed by atoms with Gasteiger partial charge in [-0.2, -0.15) is 0 Å². The second kappa shape index (κ2) is 34.3. The van der Waals surface area contributed by atoms with Crippen LogP contribution in [0.2, 0.25) is 0 Å². The fourth-order valence-corrected chi connectivity index (χ4v) is 6.33. The van der Waals surface area contributed by atoms with E-state index < -0.39 is 13.9 Å². The first kappa shape index (κ1) is 48.2. The summed E-state index contributed by atoms with van der Waals surface area (Å²) in [6.07, 6.45) is 35.0. The summed E-state index contributed by atoms with van der Waals surface area (Å²) in [6, 6.07) is 0. The molecule has 2 unspecified atom stereocenters. The number of unbranched alkanes of at least 4 members (excludes halogenated alkanes) is 22. The minimum absolute atomic E-state index is 0.0275. The van der Waals surface area contributed by atoms with Crippen molar-refractivity contribution in [2.45, 2.75) is 187 Å². The van der Waals surface area contributed by atoms with Crippen molar-refractivity contribution in [2.24, 2.45) is 0 Å². The van der Waals surface area contributed by atoms with Crippen LogP contribution in [0.15, 0.2) is 12.2 Å². The van der Waals surface area contributed by atoms with Gasteiger partial charge in [-0.1, -0.05) is 148 Å². The normalized spacial score (nSPS) is 14.0. The molecule has 0 aromatic rings. The van der Waals surface area contributed by atoms with Gasteiger partial charge in [-0.3, -0.25) is 9.36 Å². The van der Waals surface area contributed by atoms with Gasteiger partial charge < -0.3 is 27.9 Å². The Morgan fingerprint density at radius 2 is 1.06 bits per heavy atom. The maximum absolute atomic E-state index is 12.6. The van der Waals surface area contributed by atoms with Crippen molar-refractivity contribution in [3.05, 3.63) is 12.2 Å². The number of quaternary nitrogens is 1. The monoisotopic (exact) mass is 718 g/mol. The standard InChI is InChI=1S/C40H80NO7P/c1-6-8-10-12-14-16-18-20-21-22-24-26-28-30-32-35-45-37-39(38-47-49(43,44)46-36-34-41(3,4)5)48-40(42)33-31-29-27-25-23-19-17-15-13-11-9-7-2/h15,17,39H,6-14,16,18-38H2,1-5H3/b17-15-. The summed E-state index contributed by atoms with van der Waals surface area (Å²) < 4.78 is 34.5. The quantitative estimate of drug-likeness (QED) is 0.0206. The molecule has 0 heterocycles. The molecule has 292 valence electrons. The molecular weight excluding hydrogens is 637 g/mol. The SMILES string of the molecule is CCCCC/C=C\CCCCCCCC(=O)OC(COCCCCCCCCCCCCCCCCC)COP(=O)([O-])OCC[N+](C)(C)C. The number of phosphoric acid groups is 1. The first-order valence-electron chi connectivity index (χ1n) is 20.4. The van der Waals surface area contributed by atoms with E-state index in [-0.39, 0.29) is 25.8 Å². The van der Waals surface area contributed by atoms with Crippen LogP contribution in [0.1, 0.15) is 181 Å². The number of rotatable bonds is 38. The molecule has 0 amide bonds. The van der Waals surface area contributed by atoms with E-state index in [9.17, 15) is 14.3 Å². The lowest BCUT2D eigenvalue weighted by atomic mass is 10.0. The second-order valence-electron chi connectivity index (χ2n) is 15.0. The lowest BCUT2D eigenvalue weighted by molar-refractivity contribution is -0.870. The van der Waals surface area contributed by atoms with Crippen LogP contribution >= 0.6 is 7.82 Å². The highest BCUT2D eigenvalue weighted by molar-refractivity contribution is 7.45. The van der Waals surface area contributed by atoms with E-state index in [1.807, 2.05) is 21.1 Å². The van der Waals surface area contributed by atoms with E-state index >= 15 is 0 Å². The van der Waals surface area contributed by atoms with Crippen LogP contribution in [0.4, 0.5) is 0 Å². The van der Waals surface area contributed by atoms with Gasteiger partial charge in [0.25, 0.3) is 7.82 Å².